The zero-order chi connectivity index (χ0) is 16.7. The molecule has 24 heavy (non-hydrogen) atoms. The molecule has 0 N–H and O–H groups in total. The molecule has 0 aliphatic carbocycles. The highest BCUT2D eigenvalue weighted by Gasteiger charge is 2.41. The van der Waals surface area contributed by atoms with Crippen molar-refractivity contribution in [3.63, 3.8) is 0 Å². The normalized spacial score (nSPS) is 22.8. The van der Waals surface area contributed by atoms with E-state index in [1.165, 1.54) is 5.57 Å². The second-order valence-electron chi connectivity index (χ2n) is 6.68. The standard InChI is InChI=1S/C18H22N4O2/c1-3-4-15-11-16(20-24-15)18(23)22-13-5-6-14(22)10-12(9-13)17-7-8-19-21(17)2/h7-9,11,13-14H,3-6,10H2,1-2H3/t13-,14-/m1/s1. The van der Waals surface area contributed by atoms with Crippen molar-refractivity contribution in [3.8, 4) is 0 Å². The SMILES string of the molecule is CCCc1cc(C(=O)N2[C@@H]3CC[C@@H]2C=C(c2ccnn2C)C3)no1. The van der Waals surface area contributed by atoms with Crippen molar-refractivity contribution in [2.75, 3.05) is 0 Å². The van der Waals surface area contributed by atoms with Gasteiger partial charge >= 0.3 is 0 Å². The summed E-state index contributed by atoms with van der Waals surface area (Å²) in [7, 11) is 1.96. The van der Waals surface area contributed by atoms with Crippen molar-refractivity contribution in [2.24, 2.45) is 7.05 Å². The zero-order valence-electron chi connectivity index (χ0n) is 14.1. The molecule has 4 heterocycles. The van der Waals surface area contributed by atoms with Gasteiger partial charge in [0.1, 0.15) is 5.76 Å². The highest BCUT2D eigenvalue weighted by Crippen LogP contribution is 2.39. The van der Waals surface area contributed by atoms with Gasteiger partial charge in [-0.1, -0.05) is 18.2 Å². The van der Waals surface area contributed by atoms with E-state index < -0.39 is 0 Å². The molecule has 2 aliphatic heterocycles. The molecular weight excluding hydrogens is 304 g/mol. The van der Waals surface area contributed by atoms with Gasteiger partial charge in [0, 0.05) is 31.8 Å². The van der Waals surface area contributed by atoms with Crippen LogP contribution in [0, 0.1) is 0 Å². The quantitative estimate of drug-likeness (QED) is 0.866. The fraction of sp³-hybridized carbons (Fsp3) is 0.500. The van der Waals surface area contributed by atoms with Gasteiger partial charge in [-0.2, -0.15) is 5.10 Å². The molecule has 0 radical (unpaired) electrons. The lowest BCUT2D eigenvalue weighted by Crippen LogP contribution is -2.43. The lowest BCUT2D eigenvalue weighted by molar-refractivity contribution is 0.0681. The van der Waals surface area contributed by atoms with E-state index in [1.807, 2.05) is 28.9 Å². The van der Waals surface area contributed by atoms with Crippen LogP contribution in [0.15, 0.2) is 28.9 Å². The molecule has 4 rings (SSSR count). The van der Waals surface area contributed by atoms with Crippen LogP contribution in [0.3, 0.4) is 0 Å². The fourth-order valence-electron chi connectivity index (χ4n) is 3.94. The van der Waals surface area contributed by atoms with Crippen molar-refractivity contribution >= 4 is 11.5 Å². The number of fused-ring (bicyclic) bond motifs is 2. The monoisotopic (exact) mass is 326 g/mol. The number of aryl methyl sites for hydroxylation is 2. The summed E-state index contributed by atoms with van der Waals surface area (Å²) in [5.41, 5.74) is 2.87. The van der Waals surface area contributed by atoms with E-state index in [0.717, 1.165) is 43.6 Å². The average Bonchev–Trinajstić information content (AvgIpc) is 3.26. The van der Waals surface area contributed by atoms with E-state index in [2.05, 4.69) is 23.3 Å². The Morgan fingerprint density at radius 2 is 2.29 bits per heavy atom. The number of rotatable bonds is 4. The summed E-state index contributed by atoms with van der Waals surface area (Å²) in [6.07, 6.45) is 8.77. The molecule has 2 aromatic rings. The third kappa shape index (κ3) is 2.46. The Kier molecular flexibility index (Phi) is 3.75. The number of amides is 1. The van der Waals surface area contributed by atoms with Crippen molar-refractivity contribution in [2.45, 2.75) is 51.1 Å². The molecule has 6 nitrogen and oxygen atoms in total. The molecule has 2 bridgehead atoms. The molecule has 1 saturated heterocycles. The minimum atomic E-state index is -0.00564. The van der Waals surface area contributed by atoms with Crippen LogP contribution in [0.2, 0.25) is 0 Å². The van der Waals surface area contributed by atoms with Crippen LogP contribution >= 0.6 is 0 Å². The number of carbonyl (C=O) groups excluding carboxylic acids is 1. The largest absolute Gasteiger partial charge is 0.361 e. The van der Waals surface area contributed by atoms with Crippen molar-refractivity contribution in [1.82, 2.24) is 19.8 Å². The Morgan fingerprint density at radius 3 is 3.00 bits per heavy atom. The van der Waals surface area contributed by atoms with Gasteiger partial charge in [-0.3, -0.25) is 9.48 Å². The van der Waals surface area contributed by atoms with Crippen LogP contribution in [0.5, 0.6) is 0 Å². The van der Waals surface area contributed by atoms with E-state index in [-0.39, 0.29) is 18.0 Å². The third-order valence-corrected chi connectivity index (χ3v) is 5.05. The molecule has 1 amide bonds. The third-order valence-electron chi connectivity index (χ3n) is 5.05. The molecule has 2 atom stereocenters. The minimum Gasteiger partial charge on any atom is -0.361 e. The molecule has 6 heteroatoms. The number of aromatic nitrogens is 3. The molecule has 0 spiro atoms. The first-order chi connectivity index (χ1) is 11.7. The first-order valence-corrected chi connectivity index (χ1v) is 8.64. The Labute approximate surface area is 141 Å². The van der Waals surface area contributed by atoms with E-state index in [4.69, 9.17) is 4.52 Å². The van der Waals surface area contributed by atoms with E-state index in [0.29, 0.717) is 5.69 Å². The predicted molar refractivity (Wildman–Crippen MR) is 89.3 cm³/mol. The van der Waals surface area contributed by atoms with Gasteiger partial charge < -0.3 is 9.42 Å². The van der Waals surface area contributed by atoms with Crippen LogP contribution in [-0.2, 0) is 13.5 Å². The molecule has 0 aromatic carbocycles. The number of carbonyl (C=O) groups is 1. The lowest BCUT2D eigenvalue weighted by Gasteiger charge is -2.33. The summed E-state index contributed by atoms with van der Waals surface area (Å²) in [5.74, 6) is 0.783. The second kappa shape index (κ2) is 5.92. The van der Waals surface area contributed by atoms with Gasteiger partial charge in [0.05, 0.1) is 11.7 Å². The maximum Gasteiger partial charge on any atom is 0.276 e. The highest BCUT2D eigenvalue weighted by atomic mass is 16.5. The van der Waals surface area contributed by atoms with Crippen molar-refractivity contribution < 1.29 is 9.32 Å². The number of nitrogens with zero attached hydrogens (tertiary/aromatic N) is 4. The molecule has 2 aliphatic rings. The number of hydrogen-bond acceptors (Lipinski definition) is 4. The number of hydrogen-bond donors (Lipinski definition) is 0. The average molecular weight is 326 g/mol. The Hall–Kier alpha value is -2.37. The first kappa shape index (κ1) is 15.2. The minimum absolute atomic E-state index is 0.00564. The predicted octanol–water partition coefficient (Wildman–Crippen LogP) is 2.82. The van der Waals surface area contributed by atoms with Crippen molar-refractivity contribution in [1.29, 1.82) is 0 Å². The molecular formula is C18H22N4O2. The zero-order valence-corrected chi connectivity index (χ0v) is 14.1. The van der Waals surface area contributed by atoms with Crippen LogP contribution in [0.25, 0.3) is 5.57 Å². The summed E-state index contributed by atoms with van der Waals surface area (Å²) in [6.45, 7) is 2.08. The fourth-order valence-corrected chi connectivity index (χ4v) is 3.94. The summed E-state index contributed by atoms with van der Waals surface area (Å²) in [6, 6.07) is 4.22. The van der Waals surface area contributed by atoms with Crippen LogP contribution in [0.4, 0.5) is 0 Å². The molecule has 1 fully saturated rings. The van der Waals surface area contributed by atoms with Gasteiger partial charge in [-0.25, -0.2) is 0 Å². The van der Waals surface area contributed by atoms with Crippen LogP contribution < -0.4 is 0 Å². The molecule has 2 aromatic heterocycles. The van der Waals surface area contributed by atoms with Gasteiger partial charge in [-0.05, 0) is 37.3 Å². The maximum atomic E-state index is 12.9. The van der Waals surface area contributed by atoms with E-state index in [1.54, 1.807) is 6.07 Å². The van der Waals surface area contributed by atoms with Crippen LogP contribution in [0.1, 0.15) is 54.5 Å². The van der Waals surface area contributed by atoms with Gasteiger partial charge in [-0.15, -0.1) is 0 Å². The molecule has 126 valence electrons. The molecule has 0 saturated carbocycles. The second-order valence-corrected chi connectivity index (χ2v) is 6.68. The summed E-state index contributed by atoms with van der Waals surface area (Å²) >= 11 is 0. The van der Waals surface area contributed by atoms with Gasteiger partial charge in [0.15, 0.2) is 5.69 Å². The Bertz CT molecular complexity index is 789. The summed E-state index contributed by atoms with van der Waals surface area (Å²) in [4.78, 5) is 14.9. The smallest absolute Gasteiger partial charge is 0.276 e. The highest BCUT2D eigenvalue weighted by molar-refractivity contribution is 5.93. The lowest BCUT2D eigenvalue weighted by atomic mass is 9.98. The summed E-state index contributed by atoms with van der Waals surface area (Å²) < 4.78 is 7.18. The van der Waals surface area contributed by atoms with Crippen molar-refractivity contribution in [3.05, 3.63) is 41.6 Å². The van der Waals surface area contributed by atoms with Crippen LogP contribution in [-0.4, -0.2) is 37.8 Å². The topological polar surface area (TPSA) is 64.2 Å². The Balaban J connectivity index is 1.58. The molecule has 0 unspecified atom stereocenters. The first-order valence-electron chi connectivity index (χ1n) is 8.64. The Morgan fingerprint density at radius 1 is 1.42 bits per heavy atom. The van der Waals surface area contributed by atoms with Gasteiger partial charge in [0.25, 0.3) is 5.91 Å². The maximum absolute atomic E-state index is 12.9. The van der Waals surface area contributed by atoms with E-state index in [9.17, 15) is 4.79 Å². The summed E-state index contributed by atoms with van der Waals surface area (Å²) in [5, 5.41) is 8.25. The van der Waals surface area contributed by atoms with E-state index >= 15 is 0 Å². The van der Waals surface area contributed by atoms with Gasteiger partial charge in [0.2, 0.25) is 0 Å².